The summed E-state index contributed by atoms with van der Waals surface area (Å²) >= 11 is 0. The highest BCUT2D eigenvalue weighted by Crippen LogP contribution is 2.12. The summed E-state index contributed by atoms with van der Waals surface area (Å²) in [6, 6.07) is 10.7. The summed E-state index contributed by atoms with van der Waals surface area (Å²) in [6.45, 7) is 4.38. The second kappa shape index (κ2) is 6.08. The predicted molar refractivity (Wildman–Crippen MR) is 63.8 cm³/mol. The van der Waals surface area contributed by atoms with Gasteiger partial charge in [-0.05, 0) is 31.0 Å². The highest BCUT2D eigenvalue weighted by atomic mass is 14.9. The topological polar surface area (TPSA) is 35.8 Å². The first-order valence-corrected chi connectivity index (χ1v) is 5.48. The van der Waals surface area contributed by atoms with E-state index in [9.17, 15) is 0 Å². The Kier molecular flexibility index (Phi) is 4.70. The number of benzene rings is 1. The summed E-state index contributed by atoms with van der Waals surface area (Å²) in [6.07, 6.45) is 2.87. The van der Waals surface area contributed by atoms with Gasteiger partial charge in [-0.2, -0.15) is 5.26 Å². The zero-order valence-electron chi connectivity index (χ0n) is 9.46. The fourth-order valence-corrected chi connectivity index (χ4v) is 1.60. The molecule has 0 aromatic heterocycles. The lowest BCUT2D eigenvalue weighted by atomic mass is 10.1. The molecule has 0 heterocycles. The van der Waals surface area contributed by atoms with E-state index in [-0.39, 0.29) is 0 Å². The normalized spacial score (nSPS) is 11.8. The number of hydrogen-bond donors (Lipinski definition) is 1. The van der Waals surface area contributed by atoms with E-state index in [1.54, 1.807) is 0 Å². The molecule has 0 spiro atoms. The molecule has 1 aromatic carbocycles. The monoisotopic (exact) mass is 202 g/mol. The Hall–Kier alpha value is -1.49. The van der Waals surface area contributed by atoms with Crippen LogP contribution in [0.1, 0.15) is 32.3 Å². The molecule has 0 aliphatic rings. The van der Waals surface area contributed by atoms with Crippen molar-refractivity contribution in [2.75, 3.05) is 5.32 Å². The Morgan fingerprint density at radius 3 is 2.53 bits per heavy atom. The van der Waals surface area contributed by atoms with E-state index >= 15 is 0 Å². The van der Waals surface area contributed by atoms with Crippen molar-refractivity contribution in [2.45, 2.75) is 39.2 Å². The maximum Gasteiger partial charge on any atom is 0.0669 e. The molecule has 0 fully saturated rings. The molecular formula is C13H18N2. The lowest BCUT2D eigenvalue weighted by Gasteiger charge is -2.14. The van der Waals surface area contributed by atoms with Crippen molar-refractivity contribution in [3.63, 3.8) is 0 Å². The van der Waals surface area contributed by atoms with Gasteiger partial charge in [0.15, 0.2) is 0 Å². The smallest absolute Gasteiger partial charge is 0.0669 e. The fourth-order valence-electron chi connectivity index (χ4n) is 1.60. The van der Waals surface area contributed by atoms with E-state index in [4.69, 9.17) is 5.26 Å². The molecule has 1 rings (SSSR count). The standard InChI is InChI=1S/C13H18N2/c1-3-4-11(2)15-13-7-5-12(6-8-13)9-10-14/h5-8,11,15H,3-4,9H2,1-2H3. The maximum absolute atomic E-state index is 8.54. The van der Waals surface area contributed by atoms with Crippen LogP contribution < -0.4 is 5.32 Å². The molecule has 0 bridgehead atoms. The minimum Gasteiger partial charge on any atom is -0.383 e. The zero-order valence-corrected chi connectivity index (χ0v) is 9.46. The molecule has 15 heavy (non-hydrogen) atoms. The van der Waals surface area contributed by atoms with Crippen molar-refractivity contribution >= 4 is 5.69 Å². The second-order valence-electron chi connectivity index (χ2n) is 3.87. The molecule has 0 aliphatic carbocycles. The molecule has 0 saturated carbocycles. The van der Waals surface area contributed by atoms with Gasteiger partial charge in [0.1, 0.15) is 0 Å². The first kappa shape index (κ1) is 11.6. The van der Waals surface area contributed by atoms with Gasteiger partial charge in [0, 0.05) is 11.7 Å². The lowest BCUT2D eigenvalue weighted by molar-refractivity contribution is 0.690. The Bertz CT molecular complexity index is 321. The number of anilines is 1. The molecule has 1 aromatic rings. The Morgan fingerprint density at radius 1 is 1.33 bits per heavy atom. The number of nitrogens with one attached hydrogen (secondary N) is 1. The van der Waals surface area contributed by atoms with Crippen LogP contribution in [0, 0.1) is 11.3 Å². The van der Waals surface area contributed by atoms with Gasteiger partial charge >= 0.3 is 0 Å². The fraction of sp³-hybridized carbons (Fsp3) is 0.462. The molecule has 80 valence electrons. The lowest BCUT2D eigenvalue weighted by Crippen LogP contribution is -2.14. The molecule has 2 heteroatoms. The zero-order chi connectivity index (χ0) is 11.1. The van der Waals surface area contributed by atoms with Crippen LogP contribution in [0.2, 0.25) is 0 Å². The molecule has 0 aliphatic heterocycles. The summed E-state index contributed by atoms with van der Waals surface area (Å²) in [5.74, 6) is 0. The van der Waals surface area contributed by atoms with E-state index in [0.717, 1.165) is 11.3 Å². The molecule has 2 nitrogen and oxygen atoms in total. The van der Waals surface area contributed by atoms with Crippen LogP contribution in [-0.4, -0.2) is 6.04 Å². The van der Waals surface area contributed by atoms with Gasteiger partial charge in [0.05, 0.1) is 12.5 Å². The first-order valence-electron chi connectivity index (χ1n) is 5.48. The average molecular weight is 202 g/mol. The number of nitrogens with zero attached hydrogens (tertiary/aromatic N) is 1. The minimum absolute atomic E-state index is 0.491. The predicted octanol–water partition coefficient (Wildman–Crippen LogP) is 3.35. The minimum atomic E-state index is 0.491. The van der Waals surface area contributed by atoms with E-state index < -0.39 is 0 Å². The molecule has 1 atom stereocenters. The van der Waals surface area contributed by atoms with Gasteiger partial charge in [-0.25, -0.2) is 0 Å². The molecule has 0 radical (unpaired) electrons. The second-order valence-corrected chi connectivity index (χ2v) is 3.87. The number of rotatable bonds is 5. The summed E-state index contributed by atoms with van der Waals surface area (Å²) in [5.41, 5.74) is 2.21. The van der Waals surface area contributed by atoms with E-state index in [1.807, 2.05) is 24.3 Å². The van der Waals surface area contributed by atoms with Crippen LogP contribution in [-0.2, 0) is 6.42 Å². The third kappa shape index (κ3) is 4.03. The van der Waals surface area contributed by atoms with Crippen molar-refractivity contribution in [2.24, 2.45) is 0 Å². The SMILES string of the molecule is CCCC(C)Nc1ccc(CC#N)cc1. The van der Waals surface area contributed by atoms with Crippen LogP contribution in [0.15, 0.2) is 24.3 Å². The summed E-state index contributed by atoms with van der Waals surface area (Å²) in [7, 11) is 0. The van der Waals surface area contributed by atoms with Gasteiger partial charge in [-0.3, -0.25) is 0 Å². The van der Waals surface area contributed by atoms with Gasteiger partial charge in [-0.15, -0.1) is 0 Å². The molecule has 0 saturated heterocycles. The van der Waals surface area contributed by atoms with Gasteiger partial charge in [0.25, 0.3) is 0 Å². The van der Waals surface area contributed by atoms with Crippen LogP contribution in [0.4, 0.5) is 5.69 Å². The van der Waals surface area contributed by atoms with Crippen molar-refractivity contribution in [1.82, 2.24) is 0 Å². The van der Waals surface area contributed by atoms with E-state index in [0.29, 0.717) is 12.5 Å². The van der Waals surface area contributed by atoms with E-state index in [2.05, 4.69) is 25.2 Å². The van der Waals surface area contributed by atoms with Gasteiger partial charge < -0.3 is 5.32 Å². The van der Waals surface area contributed by atoms with Crippen LogP contribution in [0.5, 0.6) is 0 Å². The molecule has 1 unspecified atom stereocenters. The van der Waals surface area contributed by atoms with Crippen LogP contribution >= 0.6 is 0 Å². The van der Waals surface area contributed by atoms with Crippen LogP contribution in [0.25, 0.3) is 0 Å². The quantitative estimate of drug-likeness (QED) is 0.794. The summed E-state index contributed by atoms with van der Waals surface area (Å²) < 4.78 is 0. The molecule has 1 N–H and O–H groups in total. The van der Waals surface area contributed by atoms with E-state index in [1.165, 1.54) is 12.8 Å². The maximum atomic E-state index is 8.54. The van der Waals surface area contributed by atoms with Crippen molar-refractivity contribution in [3.8, 4) is 6.07 Å². The van der Waals surface area contributed by atoms with Gasteiger partial charge in [-0.1, -0.05) is 25.5 Å². The van der Waals surface area contributed by atoms with Crippen LogP contribution in [0.3, 0.4) is 0 Å². The molecule has 0 amide bonds. The highest BCUT2D eigenvalue weighted by Gasteiger charge is 2.00. The van der Waals surface area contributed by atoms with Crippen molar-refractivity contribution < 1.29 is 0 Å². The Balaban J connectivity index is 2.53. The largest absolute Gasteiger partial charge is 0.383 e. The Labute approximate surface area is 91.9 Å². The number of hydrogen-bond acceptors (Lipinski definition) is 2. The highest BCUT2D eigenvalue weighted by molar-refractivity contribution is 5.45. The summed E-state index contributed by atoms with van der Waals surface area (Å²) in [4.78, 5) is 0. The third-order valence-corrected chi connectivity index (χ3v) is 2.37. The Morgan fingerprint density at radius 2 is 2.00 bits per heavy atom. The summed E-state index contributed by atoms with van der Waals surface area (Å²) in [5, 5.41) is 12.0. The van der Waals surface area contributed by atoms with Gasteiger partial charge in [0.2, 0.25) is 0 Å². The van der Waals surface area contributed by atoms with Crippen molar-refractivity contribution in [1.29, 1.82) is 5.26 Å². The average Bonchev–Trinajstić information content (AvgIpc) is 2.22. The van der Waals surface area contributed by atoms with Crippen molar-refractivity contribution in [3.05, 3.63) is 29.8 Å². The third-order valence-electron chi connectivity index (χ3n) is 2.37. The number of nitriles is 1. The first-order chi connectivity index (χ1) is 7.26. The molecular weight excluding hydrogens is 184 g/mol.